The lowest BCUT2D eigenvalue weighted by Crippen LogP contribution is -2.12. The van der Waals surface area contributed by atoms with E-state index in [9.17, 15) is 4.79 Å². The molecule has 1 aromatic carbocycles. The highest BCUT2D eigenvalue weighted by molar-refractivity contribution is 5.90. The Hall–Kier alpha value is -1.51. The summed E-state index contributed by atoms with van der Waals surface area (Å²) in [5.74, 6) is -0.487. The number of hydrogen-bond acceptors (Lipinski definition) is 2. The van der Waals surface area contributed by atoms with Crippen LogP contribution >= 0.6 is 0 Å². The van der Waals surface area contributed by atoms with Gasteiger partial charge in [0.05, 0.1) is 6.61 Å². The van der Waals surface area contributed by atoms with Crippen molar-refractivity contribution in [2.75, 3.05) is 6.61 Å². The molecular formula is C15H22O3. The quantitative estimate of drug-likeness (QED) is 0.744. The normalized spacial score (nSPS) is 11.3. The van der Waals surface area contributed by atoms with Crippen LogP contribution in [0.25, 0.3) is 0 Å². The molecule has 0 bridgehead atoms. The zero-order chi connectivity index (χ0) is 13.6. The lowest BCUT2D eigenvalue weighted by Gasteiger charge is -2.22. The van der Waals surface area contributed by atoms with E-state index in [-0.39, 0.29) is 5.56 Å². The van der Waals surface area contributed by atoms with Gasteiger partial charge in [-0.15, -0.1) is 0 Å². The summed E-state index contributed by atoms with van der Waals surface area (Å²) in [4.78, 5) is 11.0. The van der Waals surface area contributed by atoms with E-state index in [1.54, 1.807) is 24.3 Å². The van der Waals surface area contributed by atoms with Gasteiger partial charge in [-0.05, 0) is 30.4 Å². The number of para-hydroxylation sites is 1. The highest BCUT2D eigenvalue weighted by atomic mass is 16.5. The first-order valence-corrected chi connectivity index (χ1v) is 6.41. The second kappa shape index (κ2) is 6.43. The highest BCUT2D eigenvalue weighted by Crippen LogP contribution is 2.26. The summed E-state index contributed by atoms with van der Waals surface area (Å²) in [6.45, 7) is 7.21. The van der Waals surface area contributed by atoms with Gasteiger partial charge < -0.3 is 9.84 Å². The Kier molecular flexibility index (Phi) is 5.20. The van der Waals surface area contributed by atoms with Crippen molar-refractivity contribution in [3.8, 4) is 5.75 Å². The highest BCUT2D eigenvalue weighted by Gasteiger charge is 2.15. The SMILES string of the molecule is CCC(C)(C)CCCOc1ccccc1C(=O)O. The molecule has 0 fully saturated rings. The maximum absolute atomic E-state index is 11.0. The fourth-order valence-corrected chi connectivity index (χ4v) is 1.68. The van der Waals surface area contributed by atoms with E-state index in [1.807, 2.05) is 0 Å². The minimum Gasteiger partial charge on any atom is -0.493 e. The van der Waals surface area contributed by atoms with E-state index in [2.05, 4.69) is 20.8 Å². The van der Waals surface area contributed by atoms with Gasteiger partial charge in [0.1, 0.15) is 11.3 Å². The third-order valence-corrected chi connectivity index (χ3v) is 3.33. The number of hydrogen-bond donors (Lipinski definition) is 1. The van der Waals surface area contributed by atoms with E-state index in [0.29, 0.717) is 17.8 Å². The Morgan fingerprint density at radius 1 is 1.33 bits per heavy atom. The second-order valence-corrected chi connectivity index (χ2v) is 5.27. The molecule has 0 aromatic heterocycles. The zero-order valence-corrected chi connectivity index (χ0v) is 11.4. The van der Waals surface area contributed by atoms with Crippen LogP contribution in [0.1, 0.15) is 50.4 Å². The maximum atomic E-state index is 11.0. The average molecular weight is 250 g/mol. The first-order chi connectivity index (χ1) is 8.46. The van der Waals surface area contributed by atoms with Crippen molar-refractivity contribution in [2.45, 2.75) is 40.0 Å². The van der Waals surface area contributed by atoms with Gasteiger partial charge in [-0.2, -0.15) is 0 Å². The van der Waals surface area contributed by atoms with Crippen molar-refractivity contribution < 1.29 is 14.6 Å². The minimum atomic E-state index is -0.945. The number of ether oxygens (including phenoxy) is 1. The van der Waals surface area contributed by atoms with Gasteiger partial charge in [0.25, 0.3) is 0 Å². The van der Waals surface area contributed by atoms with Crippen LogP contribution in [0.2, 0.25) is 0 Å². The summed E-state index contributed by atoms with van der Waals surface area (Å²) in [5, 5.41) is 9.01. The Bertz CT molecular complexity index is 396. The third-order valence-electron chi connectivity index (χ3n) is 3.33. The topological polar surface area (TPSA) is 46.5 Å². The number of carboxylic acids is 1. The van der Waals surface area contributed by atoms with E-state index >= 15 is 0 Å². The van der Waals surface area contributed by atoms with Crippen molar-refractivity contribution in [3.63, 3.8) is 0 Å². The molecule has 0 heterocycles. The van der Waals surface area contributed by atoms with Crippen molar-refractivity contribution in [3.05, 3.63) is 29.8 Å². The standard InChI is InChI=1S/C15H22O3/c1-4-15(2,3)10-7-11-18-13-9-6-5-8-12(13)14(16)17/h5-6,8-9H,4,7,10-11H2,1-3H3,(H,16,17). The van der Waals surface area contributed by atoms with Crippen LogP contribution in [0.15, 0.2) is 24.3 Å². The van der Waals surface area contributed by atoms with Gasteiger partial charge in [0.2, 0.25) is 0 Å². The van der Waals surface area contributed by atoms with Crippen LogP contribution in [0.4, 0.5) is 0 Å². The zero-order valence-electron chi connectivity index (χ0n) is 11.4. The second-order valence-electron chi connectivity index (χ2n) is 5.27. The van der Waals surface area contributed by atoms with E-state index < -0.39 is 5.97 Å². The first kappa shape index (κ1) is 14.6. The molecule has 0 amide bonds. The molecule has 1 aromatic rings. The molecule has 0 radical (unpaired) electrons. The van der Waals surface area contributed by atoms with Gasteiger partial charge >= 0.3 is 5.97 Å². The predicted molar refractivity (Wildman–Crippen MR) is 72.2 cm³/mol. The van der Waals surface area contributed by atoms with E-state index in [1.165, 1.54) is 0 Å². The number of aromatic carboxylic acids is 1. The fraction of sp³-hybridized carbons (Fsp3) is 0.533. The first-order valence-electron chi connectivity index (χ1n) is 6.41. The van der Waals surface area contributed by atoms with Crippen LogP contribution in [0.5, 0.6) is 5.75 Å². The lowest BCUT2D eigenvalue weighted by molar-refractivity contribution is 0.0692. The Morgan fingerprint density at radius 2 is 2.00 bits per heavy atom. The predicted octanol–water partition coefficient (Wildman–Crippen LogP) is 3.98. The van der Waals surface area contributed by atoms with Crippen molar-refractivity contribution in [1.29, 1.82) is 0 Å². The van der Waals surface area contributed by atoms with Crippen molar-refractivity contribution in [2.24, 2.45) is 5.41 Å². The summed E-state index contributed by atoms with van der Waals surface area (Å²) < 4.78 is 5.56. The van der Waals surface area contributed by atoms with Gasteiger partial charge in [-0.3, -0.25) is 0 Å². The molecule has 0 aliphatic heterocycles. The van der Waals surface area contributed by atoms with Crippen LogP contribution < -0.4 is 4.74 Å². The van der Waals surface area contributed by atoms with Crippen molar-refractivity contribution >= 4 is 5.97 Å². The van der Waals surface area contributed by atoms with Crippen LogP contribution in [-0.2, 0) is 0 Å². The molecule has 0 aliphatic rings. The molecule has 100 valence electrons. The monoisotopic (exact) mass is 250 g/mol. The molecule has 0 unspecified atom stereocenters. The summed E-state index contributed by atoms with van der Waals surface area (Å²) in [6.07, 6.45) is 3.16. The van der Waals surface area contributed by atoms with E-state index in [4.69, 9.17) is 9.84 Å². The molecular weight excluding hydrogens is 228 g/mol. The Morgan fingerprint density at radius 3 is 2.61 bits per heavy atom. The molecule has 0 spiro atoms. The Labute approximate surface area is 109 Å². The lowest BCUT2D eigenvalue weighted by atomic mass is 9.85. The molecule has 1 N–H and O–H groups in total. The van der Waals surface area contributed by atoms with E-state index in [0.717, 1.165) is 19.3 Å². The largest absolute Gasteiger partial charge is 0.493 e. The molecule has 3 nitrogen and oxygen atoms in total. The van der Waals surface area contributed by atoms with Gasteiger partial charge in [-0.1, -0.05) is 39.3 Å². The molecule has 1 rings (SSSR count). The van der Waals surface area contributed by atoms with Crippen LogP contribution in [0, 0.1) is 5.41 Å². The molecule has 0 aliphatic carbocycles. The van der Waals surface area contributed by atoms with Crippen molar-refractivity contribution in [1.82, 2.24) is 0 Å². The average Bonchev–Trinajstić information content (AvgIpc) is 2.35. The summed E-state index contributed by atoms with van der Waals surface area (Å²) in [6, 6.07) is 6.76. The fourth-order valence-electron chi connectivity index (χ4n) is 1.68. The number of carbonyl (C=O) groups is 1. The number of carboxylic acid groups (broad SMARTS) is 1. The van der Waals surface area contributed by atoms with Crippen LogP contribution in [0.3, 0.4) is 0 Å². The smallest absolute Gasteiger partial charge is 0.339 e. The molecule has 18 heavy (non-hydrogen) atoms. The van der Waals surface area contributed by atoms with Gasteiger partial charge in [0.15, 0.2) is 0 Å². The summed E-state index contributed by atoms with van der Waals surface area (Å²) in [5.41, 5.74) is 0.558. The van der Waals surface area contributed by atoms with Gasteiger partial charge in [0, 0.05) is 0 Å². The molecule has 3 heteroatoms. The maximum Gasteiger partial charge on any atom is 0.339 e. The molecule has 0 saturated carbocycles. The Balaban J connectivity index is 2.47. The number of rotatable bonds is 7. The minimum absolute atomic E-state index is 0.229. The van der Waals surface area contributed by atoms with Crippen LogP contribution in [-0.4, -0.2) is 17.7 Å². The molecule has 0 atom stereocenters. The number of benzene rings is 1. The summed E-state index contributed by atoms with van der Waals surface area (Å²) >= 11 is 0. The third kappa shape index (κ3) is 4.40. The molecule has 0 saturated heterocycles. The summed E-state index contributed by atoms with van der Waals surface area (Å²) in [7, 11) is 0. The van der Waals surface area contributed by atoms with Gasteiger partial charge in [-0.25, -0.2) is 4.79 Å².